The standard InChI is InChI=1S/C15H13ClOS.C2H6/c1-3-11-7-14(17-13-5-6-18-10-13)8-12(9-16)15(11)4-2;1-2/h3-8,10H,1-2,9H2;1-2H3. The van der Waals surface area contributed by atoms with Crippen molar-refractivity contribution in [3.05, 3.63) is 58.8 Å². The van der Waals surface area contributed by atoms with Gasteiger partial charge in [-0.3, -0.25) is 0 Å². The molecule has 1 aromatic carbocycles. The molecule has 0 unspecified atom stereocenters. The monoisotopic (exact) mass is 306 g/mol. The van der Waals surface area contributed by atoms with Crippen LogP contribution in [0.3, 0.4) is 0 Å². The van der Waals surface area contributed by atoms with Crippen molar-refractivity contribution >= 4 is 35.1 Å². The summed E-state index contributed by atoms with van der Waals surface area (Å²) in [5.41, 5.74) is 2.99. The van der Waals surface area contributed by atoms with Crippen LogP contribution in [-0.2, 0) is 5.88 Å². The van der Waals surface area contributed by atoms with Crippen LogP contribution in [0.25, 0.3) is 12.2 Å². The van der Waals surface area contributed by atoms with E-state index in [-0.39, 0.29) is 0 Å². The highest BCUT2D eigenvalue weighted by Gasteiger charge is 2.07. The fourth-order valence-corrected chi connectivity index (χ4v) is 2.51. The summed E-state index contributed by atoms with van der Waals surface area (Å²) < 4.78 is 5.77. The molecule has 106 valence electrons. The number of hydrogen-bond acceptors (Lipinski definition) is 2. The van der Waals surface area contributed by atoms with E-state index in [0.29, 0.717) is 5.88 Å². The van der Waals surface area contributed by atoms with Gasteiger partial charge < -0.3 is 4.74 Å². The van der Waals surface area contributed by atoms with Crippen LogP contribution in [0.2, 0.25) is 0 Å². The average molecular weight is 307 g/mol. The van der Waals surface area contributed by atoms with Crippen LogP contribution in [0.1, 0.15) is 30.5 Å². The number of alkyl halides is 1. The summed E-state index contributed by atoms with van der Waals surface area (Å²) in [6, 6.07) is 5.81. The van der Waals surface area contributed by atoms with E-state index in [9.17, 15) is 0 Å². The molecule has 2 aromatic rings. The number of halogens is 1. The molecule has 2 rings (SSSR count). The largest absolute Gasteiger partial charge is 0.456 e. The van der Waals surface area contributed by atoms with Crippen LogP contribution >= 0.6 is 22.9 Å². The Balaban J connectivity index is 0.000000956. The maximum atomic E-state index is 5.96. The molecule has 20 heavy (non-hydrogen) atoms. The molecule has 0 radical (unpaired) electrons. The second-order valence-corrected chi connectivity index (χ2v) is 4.74. The molecular weight excluding hydrogens is 288 g/mol. The minimum Gasteiger partial charge on any atom is -0.456 e. The third kappa shape index (κ3) is 3.99. The second-order valence-electron chi connectivity index (χ2n) is 3.69. The van der Waals surface area contributed by atoms with E-state index in [2.05, 4.69) is 13.2 Å². The predicted molar refractivity (Wildman–Crippen MR) is 91.9 cm³/mol. The van der Waals surface area contributed by atoms with Gasteiger partial charge in [0.25, 0.3) is 0 Å². The van der Waals surface area contributed by atoms with E-state index in [1.54, 1.807) is 23.5 Å². The first-order chi connectivity index (χ1) is 9.78. The lowest BCUT2D eigenvalue weighted by Gasteiger charge is -2.11. The molecule has 0 fully saturated rings. The summed E-state index contributed by atoms with van der Waals surface area (Å²) in [5.74, 6) is 2.02. The third-order valence-electron chi connectivity index (χ3n) is 2.57. The Labute approximate surface area is 130 Å². The van der Waals surface area contributed by atoms with Crippen LogP contribution in [0.15, 0.2) is 42.1 Å². The molecule has 0 amide bonds. The fourth-order valence-electron chi connectivity index (χ4n) is 1.74. The third-order valence-corrected chi connectivity index (χ3v) is 3.52. The van der Waals surface area contributed by atoms with Gasteiger partial charge >= 0.3 is 0 Å². The Kier molecular flexibility index (Phi) is 7.13. The van der Waals surface area contributed by atoms with Crippen LogP contribution in [0.4, 0.5) is 0 Å². The van der Waals surface area contributed by atoms with Gasteiger partial charge in [-0.1, -0.05) is 39.2 Å². The summed E-state index contributed by atoms with van der Waals surface area (Å²) in [4.78, 5) is 0. The average Bonchev–Trinajstić information content (AvgIpc) is 3.01. The minimum absolute atomic E-state index is 0.420. The first-order valence-electron chi connectivity index (χ1n) is 6.46. The first-order valence-corrected chi connectivity index (χ1v) is 7.94. The Morgan fingerprint density at radius 1 is 1.20 bits per heavy atom. The second kappa shape index (κ2) is 8.62. The Morgan fingerprint density at radius 2 is 1.95 bits per heavy atom. The van der Waals surface area contributed by atoms with E-state index in [4.69, 9.17) is 16.3 Å². The first kappa shape index (κ1) is 16.5. The van der Waals surface area contributed by atoms with Crippen LogP contribution in [-0.4, -0.2) is 0 Å². The van der Waals surface area contributed by atoms with Crippen molar-refractivity contribution in [2.75, 3.05) is 0 Å². The van der Waals surface area contributed by atoms with E-state index < -0.39 is 0 Å². The molecule has 0 atom stereocenters. The van der Waals surface area contributed by atoms with E-state index in [0.717, 1.165) is 28.2 Å². The number of hydrogen-bond donors (Lipinski definition) is 0. The molecule has 0 bridgehead atoms. The van der Waals surface area contributed by atoms with Gasteiger partial charge in [0.05, 0.1) is 0 Å². The van der Waals surface area contributed by atoms with Crippen molar-refractivity contribution < 1.29 is 4.74 Å². The molecule has 0 saturated heterocycles. The Bertz CT molecular complexity index is 559. The van der Waals surface area contributed by atoms with Gasteiger partial charge in [0, 0.05) is 11.3 Å². The van der Waals surface area contributed by atoms with Gasteiger partial charge in [0.1, 0.15) is 11.5 Å². The van der Waals surface area contributed by atoms with Gasteiger partial charge in [-0.05, 0) is 40.3 Å². The van der Waals surface area contributed by atoms with Gasteiger partial charge in [-0.2, -0.15) is 0 Å². The molecule has 0 aliphatic heterocycles. The fraction of sp³-hybridized carbons (Fsp3) is 0.176. The molecule has 1 nitrogen and oxygen atoms in total. The molecule has 1 heterocycles. The maximum absolute atomic E-state index is 5.96. The molecule has 0 spiro atoms. The Hall–Kier alpha value is -1.51. The predicted octanol–water partition coefficient (Wildman–Crippen LogP) is 6.59. The highest BCUT2D eigenvalue weighted by molar-refractivity contribution is 7.08. The molecule has 0 aliphatic carbocycles. The van der Waals surface area contributed by atoms with Gasteiger partial charge in [-0.15, -0.1) is 22.9 Å². The molecule has 0 saturated carbocycles. The summed E-state index contributed by atoms with van der Waals surface area (Å²) in [7, 11) is 0. The summed E-state index contributed by atoms with van der Waals surface area (Å²) in [6.45, 7) is 11.6. The van der Waals surface area contributed by atoms with Crippen molar-refractivity contribution in [2.45, 2.75) is 19.7 Å². The van der Waals surface area contributed by atoms with Crippen LogP contribution in [0.5, 0.6) is 11.5 Å². The minimum atomic E-state index is 0.420. The molecule has 0 aliphatic rings. The van der Waals surface area contributed by atoms with Crippen molar-refractivity contribution in [3.63, 3.8) is 0 Å². The molecular formula is C17H19ClOS. The zero-order valence-electron chi connectivity index (χ0n) is 11.9. The molecule has 3 heteroatoms. The SMILES string of the molecule is C=Cc1cc(Oc2ccsc2)cc(CCl)c1C=C.CC. The van der Waals surface area contributed by atoms with E-state index in [1.807, 2.05) is 42.8 Å². The quantitative estimate of drug-likeness (QED) is 0.566. The van der Waals surface area contributed by atoms with Crippen molar-refractivity contribution in [2.24, 2.45) is 0 Å². The highest BCUT2D eigenvalue weighted by Crippen LogP contribution is 2.30. The highest BCUT2D eigenvalue weighted by atomic mass is 35.5. The number of ether oxygens (including phenoxy) is 1. The van der Waals surface area contributed by atoms with Gasteiger partial charge in [0.2, 0.25) is 0 Å². The number of rotatable bonds is 5. The maximum Gasteiger partial charge on any atom is 0.138 e. The topological polar surface area (TPSA) is 9.23 Å². The van der Waals surface area contributed by atoms with Crippen molar-refractivity contribution in [1.82, 2.24) is 0 Å². The summed E-state index contributed by atoms with van der Waals surface area (Å²) in [6.07, 6.45) is 3.58. The van der Waals surface area contributed by atoms with Crippen molar-refractivity contribution in [1.29, 1.82) is 0 Å². The molecule has 1 aromatic heterocycles. The lowest BCUT2D eigenvalue weighted by atomic mass is 10.0. The summed E-state index contributed by atoms with van der Waals surface area (Å²) >= 11 is 7.56. The van der Waals surface area contributed by atoms with Gasteiger partial charge in [-0.25, -0.2) is 0 Å². The van der Waals surface area contributed by atoms with Crippen LogP contribution in [0, 0.1) is 0 Å². The van der Waals surface area contributed by atoms with Crippen LogP contribution < -0.4 is 4.74 Å². The smallest absolute Gasteiger partial charge is 0.138 e. The van der Waals surface area contributed by atoms with E-state index in [1.165, 1.54) is 0 Å². The zero-order valence-corrected chi connectivity index (χ0v) is 13.4. The molecule has 0 N–H and O–H groups in total. The number of thiophene rings is 1. The zero-order chi connectivity index (χ0) is 15.0. The van der Waals surface area contributed by atoms with E-state index >= 15 is 0 Å². The lowest BCUT2D eigenvalue weighted by molar-refractivity contribution is 0.484. The van der Waals surface area contributed by atoms with Crippen molar-refractivity contribution in [3.8, 4) is 11.5 Å². The summed E-state index contributed by atoms with van der Waals surface area (Å²) in [5, 5.41) is 3.93. The Morgan fingerprint density at radius 3 is 2.45 bits per heavy atom. The van der Waals surface area contributed by atoms with Gasteiger partial charge in [0.15, 0.2) is 0 Å². The lowest BCUT2D eigenvalue weighted by Crippen LogP contribution is -1.92. The normalized spacial score (nSPS) is 9.35. The number of benzene rings is 1.